The van der Waals surface area contributed by atoms with Crippen LogP contribution in [0.3, 0.4) is 0 Å². The number of hydrogen-bond donors (Lipinski definition) is 2. The average Bonchev–Trinajstić information content (AvgIpc) is 2.68. The Morgan fingerprint density at radius 2 is 2.22 bits per heavy atom. The van der Waals surface area contributed by atoms with Crippen molar-refractivity contribution in [2.24, 2.45) is 4.99 Å². The lowest BCUT2D eigenvalue weighted by molar-refractivity contribution is -0.116. The van der Waals surface area contributed by atoms with Crippen molar-refractivity contribution in [2.75, 3.05) is 6.54 Å². The van der Waals surface area contributed by atoms with Gasteiger partial charge in [0, 0.05) is 10.7 Å². The van der Waals surface area contributed by atoms with Gasteiger partial charge in [0.05, 0.1) is 18.7 Å². The number of amides is 1. The van der Waals surface area contributed by atoms with Gasteiger partial charge in [0.1, 0.15) is 5.76 Å². The second kappa shape index (κ2) is 5.23. The minimum Gasteiger partial charge on any atom is -0.510 e. The summed E-state index contributed by atoms with van der Waals surface area (Å²) in [6, 6.07) is 7.40. The highest BCUT2D eigenvalue weighted by atomic mass is 35.5. The van der Waals surface area contributed by atoms with Crippen LogP contribution in [0.1, 0.15) is 12.5 Å². The molecule has 0 aromatic heterocycles. The molecule has 5 heteroatoms. The zero-order chi connectivity index (χ0) is 13.1. The highest BCUT2D eigenvalue weighted by molar-refractivity contribution is 6.31. The minimum absolute atomic E-state index is 0.0420. The average molecular weight is 265 g/mol. The smallest absolute Gasteiger partial charge is 0.256 e. The second-order valence-electron chi connectivity index (χ2n) is 4.00. The van der Waals surface area contributed by atoms with Gasteiger partial charge in [-0.25, -0.2) is 0 Å². The number of aliphatic hydroxyl groups is 1. The molecule has 1 heterocycles. The van der Waals surface area contributed by atoms with E-state index >= 15 is 0 Å². The fourth-order valence-electron chi connectivity index (χ4n) is 1.75. The number of hydrogen-bond acceptors (Lipinski definition) is 3. The molecule has 94 valence electrons. The Kier molecular flexibility index (Phi) is 3.67. The van der Waals surface area contributed by atoms with Crippen molar-refractivity contribution in [3.8, 4) is 0 Å². The Labute approximate surface area is 110 Å². The van der Waals surface area contributed by atoms with E-state index in [9.17, 15) is 9.90 Å². The number of nitrogens with one attached hydrogen (secondary N) is 1. The maximum absolute atomic E-state index is 11.5. The van der Waals surface area contributed by atoms with E-state index in [1.165, 1.54) is 0 Å². The van der Waals surface area contributed by atoms with Crippen molar-refractivity contribution >= 4 is 23.2 Å². The first-order valence-corrected chi connectivity index (χ1v) is 5.92. The van der Waals surface area contributed by atoms with Crippen molar-refractivity contribution in [3.05, 3.63) is 46.2 Å². The normalized spacial score (nSPS) is 16.1. The first kappa shape index (κ1) is 12.6. The number of aliphatic hydroxyl groups excluding tert-OH is 1. The SMILES string of the molecule is CC(=NCc1ccccc1Cl)C1=C(O)CNC1=O. The van der Waals surface area contributed by atoms with Gasteiger partial charge in [0.15, 0.2) is 0 Å². The van der Waals surface area contributed by atoms with Gasteiger partial charge in [-0.1, -0.05) is 29.8 Å². The first-order chi connectivity index (χ1) is 8.59. The predicted molar refractivity (Wildman–Crippen MR) is 70.9 cm³/mol. The molecule has 1 aliphatic rings. The van der Waals surface area contributed by atoms with E-state index in [1.807, 2.05) is 18.2 Å². The van der Waals surface area contributed by atoms with E-state index < -0.39 is 0 Å². The second-order valence-corrected chi connectivity index (χ2v) is 4.40. The fraction of sp³-hybridized carbons (Fsp3) is 0.231. The summed E-state index contributed by atoms with van der Waals surface area (Å²) in [5.41, 5.74) is 1.67. The number of halogens is 1. The van der Waals surface area contributed by atoms with Gasteiger partial charge in [-0.2, -0.15) is 0 Å². The van der Waals surface area contributed by atoms with E-state index in [4.69, 9.17) is 11.6 Å². The van der Waals surface area contributed by atoms with Crippen molar-refractivity contribution < 1.29 is 9.90 Å². The molecule has 0 bridgehead atoms. The molecule has 0 saturated heterocycles. The fourth-order valence-corrected chi connectivity index (χ4v) is 1.95. The lowest BCUT2D eigenvalue weighted by atomic mass is 10.1. The number of carbonyl (C=O) groups is 1. The van der Waals surface area contributed by atoms with Gasteiger partial charge in [0.25, 0.3) is 5.91 Å². The summed E-state index contributed by atoms with van der Waals surface area (Å²) in [4.78, 5) is 15.8. The Bertz CT molecular complexity index is 550. The standard InChI is InChI=1S/C13H13ClN2O2/c1-8(12-11(17)7-16-13(12)18)15-6-9-4-2-3-5-10(9)14/h2-5,17H,6-7H2,1H3,(H,16,18). The van der Waals surface area contributed by atoms with E-state index in [2.05, 4.69) is 10.3 Å². The molecule has 2 rings (SSSR count). The van der Waals surface area contributed by atoms with Crippen molar-refractivity contribution in [1.82, 2.24) is 5.32 Å². The van der Waals surface area contributed by atoms with Crippen LogP contribution in [0.5, 0.6) is 0 Å². The Morgan fingerprint density at radius 3 is 2.83 bits per heavy atom. The molecule has 2 N–H and O–H groups in total. The summed E-state index contributed by atoms with van der Waals surface area (Å²) in [7, 11) is 0. The van der Waals surface area contributed by atoms with Gasteiger partial charge >= 0.3 is 0 Å². The van der Waals surface area contributed by atoms with E-state index in [0.29, 0.717) is 17.3 Å². The number of benzene rings is 1. The predicted octanol–water partition coefficient (Wildman–Crippen LogP) is 2.24. The van der Waals surface area contributed by atoms with Gasteiger partial charge in [-0.3, -0.25) is 9.79 Å². The quantitative estimate of drug-likeness (QED) is 0.823. The maximum Gasteiger partial charge on any atom is 0.256 e. The molecule has 1 aromatic rings. The zero-order valence-corrected chi connectivity index (χ0v) is 10.7. The van der Waals surface area contributed by atoms with Gasteiger partial charge in [0.2, 0.25) is 0 Å². The van der Waals surface area contributed by atoms with E-state index in [0.717, 1.165) is 5.56 Å². The number of carbonyl (C=O) groups excluding carboxylic acids is 1. The molecule has 0 spiro atoms. The first-order valence-electron chi connectivity index (χ1n) is 5.54. The molecule has 18 heavy (non-hydrogen) atoms. The molecule has 0 saturated carbocycles. The largest absolute Gasteiger partial charge is 0.510 e. The molecule has 1 aliphatic heterocycles. The monoisotopic (exact) mass is 264 g/mol. The molecule has 4 nitrogen and oxygen atoms in total. The van der Waals surface area contributed by atoms with Crippen LogP contribution >= 0.6 is 11.6 Å². The van der Waals surface area contributed by atoms with Crippen LogP contribution in [0.4, 0.5) is 0 Å². The van der Waals surface area contributed by atoms with Crippen LogP contribution < -0.4 is 5.32 Å². The van der Waals surface area contributed by atoms with Crippen LogP contribution in [-0.4, -0.2) is 23.3 Å². The van der Waals surface area contributed by atoms with Crippen molar-refractivity contribution in [1.29, 1.82) is 0 Å². The molecule has 0 atom stereocenters. The Hall–Kier alpha value is -1.81. The zero-order valence-electron chi connectivity index (χ0n) is 9.90. The molecule has 1 amide bonds. The number of aliphatic imine (C=N–C) groups is 1. The van der Waals surface area contributed by atoms with Crippen LogP contribution in [-0.2, 0) is 11.3 Å². The highest BCUT2D eigenvalue weighted by Crippen LogP contribution is 2.17. The van der Waals surface area contributed by atoms with Crippen molar-refractivity contribution in [3.63, 3.8) is 0 Å². The Balaban J connectivity index is 2.18. The van der Waals surface area contributed by atoms with Crippen LogP contribution in [0.25, 0.3) is 0 Å². The minimum atomic E-state index is -0.284. The highest BCUT2D eigenvalue weighted by Gasteiger charge is 2.24. The molecule has 1 aromatic carbocycles. The lowest BCUT2D eigenvalue weighted by Gasteiger charge is -2.03. The molecular formula is C13H13ClN2O2. The van der Waals surface area contributed by atoms with E-state index in [1.54, 1.807) is 13.0 Å². The summed E-state index contributed by atoms with van der Waals surface area (Å²) in [5.74, 6) is -0.242. The summed E-state index contributed by atoms with van der Waals surface area (Å²) in [6.07, 6.45) is 0. The van der Waals surface area contributed by atoms with Gasteiger partial charge < -0.3 is 10.4 Å². The van der Waals surface area contributed by atoms with Crippen LogP contribution in [0.2, 0.25) is 5.02 Å². The molecule has 0 aliphatic carbocycles. The molecule has 0 unspecified atom stereocenters. The lowest BCUT2D eigenvalue weighted by Crippen LogP contribution is -2.20. The molecule has 0 fully saturated rings. The molecule has 0 radical (unpaired) electrons. The summed E-state index contributed by atoms with van der Waals surface area (Å²) in [5, 5.41) is 12.8. The number of nitrogens with zero attached hydrogens (tertiary/aromatic N) is 1. The van der Waals surface area contributed by atoms with E-state index in [-0.39, 0.29) is 23.8 Å². The van der Waals surface area contributed by atoms with Crippen LogP contribution in [0, 0.1) is 0 Å². The maximum atomic E-state index is 11.5. The number of rotatable bonds is 3. The van der Waals surface area contributed by atoms with Crippen LogP contribution in [0.15, 0.2) is 40.6 Å². The third kappa shape index (κ3) is 2.54. The summed E-state index contributed by atoms with van der Waals surface area (Å²) < 4.78 is 0. The third-order valence-electron chi connectivity index (χ3n) is 2.74. The van der Waals surface area contributed by atoms with Crippen molar-refractivity contribution in [2.45, 2.75) is 13.5 Å². The van der Waals surface area contributed by atoms with Gasteiger partial charge in [-0.05, 0) is 18.6 Å². The summed E-state index contributed by atoms with van der Waals surface area (Å²) in [6.45, 7) is 2.26. The Morgan fingerprint density at radius 1 is 1.50 bits per heavy atom. The topological polar surface area (TPSA) is 61.7 Å². The molecular weight excluding hydrogens is 252 g/mol. The summed E-state index contributed by atoms with van der Waals surface area (Å²) >= 11 is 6.01. The third-order valence-corrected chi connectivity index (χ3v) is 3.11. The van der Waals surface area contributed by atoms with Gasteiger partial charge in [-0.15, -0.1) is 0 Å².